The summed E-state index contributed by atoms with van der Waals surface area (Å²) in [6.45, 7) is 15.9. The Hall–Kier alpha value is -0.850. The van der Waals surface area contributed by atoms with Crippen molar-refractivity contribution in [2.24, 2.45) is 17.3 Å². The summed E-state index contributed by atoms with van der Waals surface area (Å²) >= 11 is 0. The Kier molecular flexibility index (Phi) is 5.61. The zero-order valence-electron chi connectivity index (χ0n) is 16.4. The Balaban J connectivity index is 1.55. The Morgan fingerprint density at radius 2 is 2.16 bits per heavy atom. The van der Waals surface area contributed by atoms with E-state index in [-0.39, 0.29) is 0 Å². The molecule has 3 rings (SSSR count). The second-order valence-corrected chi connectivity index (χ2v) is 10.0. The molecule has 4 unspecified atom stereocenters. The lowest BCUT2D eigenvalue weighted by Gasteiger charge is -2.45. The van der Waals surface area contributed by atoms with Gasteiger partial charge in [-0.1, -0.05) is 58.6 Å². The first-order valence-corrected chi connectivity index (χ1v) is 10.3. The van der Waals surface area contributed by atoms with Crippen molar-refractivity contribution in [1.82, 2.24) is 10.2 Å². The smallest absolute Gasteiger partial charge is 0.0710 e. The lowest BCUT2D eigenvalue weighted by Crippen LogP contribution is -2.50. The minimum Gasteiger partial charge on any atom is -0.360 e. The number of allylic oxidation sites excluding steroid dienone is 4. The maximum atomic E-state index is 4.38. The van der Waals surface area contributed by atoms with Crippen molar-refractivity contribution < 1.29 is 0 Å². The normalized spacial score (nSPS) is 30.5. The van der Waals surface area contributed by atoms with Crippen LogP contribution in [0.25, 0.3) is 0 Å². The van der Waals surface area contributed by atoms with E-state index in [1.165, 1.54) is 35.8 Å². The molecule has 1 heterocycles. The fourth-order valence-electron chi connectivity index (χ4n) is 4.82. The van der Waals surface area contributed by atoms with Gasteiger partial charge in [0.1, 0.15) is 0 Å². The van der Waals surface area contributed by atoms with Gasteiger partial charge in [-0.2, -0.15) is 0 Å². The molecular formula is C22H35N2P. The number of nitrogens with one attached hydrogen (secondary N) is 1. The van der Waals surface area contributed by atoms with Crippen molar-refractivity contribution in [2.75, 3.05) is 13.1 Å². The molecule has 1 N–H and O–H groups in total. The van der Waals surface area contributed by atoms with Crippen LogP contribution < -0.4 is 5.32 Å². The molecule has 2 aliphatic carbocycles. The summed E-state index contributed by atoms with van der Waals surface area (Å²) in [5.41, 5.74) is 3.19. The molecular weight excluding hydrogens is 323 g/mol. The van der Waals surface area contributed by atoms with Crippen molar-refractivity contribution in [1.29, 1.82) is 0 Å². The van der Waals surface area contributed by atoms with Gasteiger partial charge in [0.2, 0.25) is 0 Å². The van der Waals surface area contributed by atoms with Gasteiger partial charge in [-0.3, -0.25) is 0 Å². The molecule has 0 bridgehead atoms. The van der Waals surface area contributed by atoms with Crippen LogP contribution in [0.1, 0.15) is 47.0 Å². The van der Waals surface area contributed by atoms with Crippen LogP contribution in [0.15, 0.2) is 47.5 Å². The first kappa shape index (κ1) is 18.9. The molecule has 0 amide bonds. The number of rotatable bonds is 6. The molecule has 2 fully saturated rings. The fourth-order valence-corrected chi connectivity index (χ4v) is 5.14. The highest BCUT2D eigenvalue weighted by atomic mass is 31.0. The quantitative estimate of drug-likeness (QED) is 0.681. The molecule has 2 nitrogen and oxygen atoms in total. The van der Waals surface area contributed by atoms with Crippen LogP contribution in [0.4, 0.5) is 0 Å². The van der Waals surface area contributed by atoms with Crippen LogP contribution >= 0.6 is 9.24 Å². The summed E-state index contributed by atoms with van der Waals surface area (Å²) in [4.78, 5) is 2.43. The van der Waals surface area contributed by atoms with Gasteiger partial charge in [-0.15, -0.1) is 9.24 Å². The molecule has 0 spiro atoms. The predicted octanol–water partition coefficient (Wildman–Crippen LogP) is 4.88. The van der Waals surface area contributed by atoms with Gasteiger partial charge in [0.25, 0.3) is 0 Å². The first-order valence-electron chi connectivity index (χ1n) is 9.77. The topological polar surface area (TPSA) is 15.3 Å². The highest BCUT2D eigenvalue weighted by molar-refractivity contribution is 7.22. The highest BCUT2D eigenvalue weighted by Crippen LogP contribution is 2.43. The average Bonchev–Trinajstić information content (AvgIpc) is 2.69. The van der Waals surface area contributed by atoms with Crippen LogP contribution in [0.5, 0.6) is 0 Å². The van der Waals surface area contributed by atoms with Crippen molar-refractivity contribution >= 4 is 9.24 Å². The van der Waals surface area contributed by atoms with Gasteiger partial charge in [-0.05, 0) is 47.4 Å². The zero-order chi connectivity index (χ0) is 18.2. The van der Waals surface area contributed by atoms with E-state index in [9.17, 15) is 0 Å². The number of fused-ring (bicyclic) bond motifs is 1. The van der Waals surface area contributed by atoms with Crippen molar-refractivity contribution in [2.45, 2.75) is 59.0 Å². The zero-order valence-corrected chi connectivity index (χ0v) is 17.5. The summed E-state index contributed by atoms with van der Waals surface area (Å²) < 4.78 is 0. The molecule has 3 heteroatoms. The molecule has 0 aromatic rings. The summed E-state index contributed by atoms with van der Waals surface area (Å²) in [6.07, 6.45) is 12.9. The largest absolute Gasteiger partial charge is 0.360 e. The summed E-state index contributed by atoms with van der Waals surface area (Å²) in [5.74, 6) is 1.58. The van der Waals surface area contributed by atoms with E-state index in [0.29, 0.717) is 17.5 Å². The third-order valence-corrected chi connectivity index (χ3v) is 6.27. The van der Waals surface area contributed by atoms with Gasteiger partial charge in [0.15, 0.2) is 0 Å². The summed E-state index contributed by atoms with van der Waals surface area (Å²) in [7, 11) is 2.80. The van der Waals surface area contributed by atoms with Gasteiger partial charge in [-0.25, -0.2) is 0 Å². The third-order valence-electron chi connectivity index (χ3n) is 5.91. The lowest BCUT2D eigenvalue weighted by molar-refractivity contribution is 0.245. The van der Waals surface area contributed by atoms with Crippen molar-refractivity contribution in [3.63, 3.8) is 0 Å². The number of nitrogens with zero attached hydrogens (tertiary/aromatic N) is 1. The van der Waals surface area contributed by atoms with Crippen molar-refractivity contribution in [3.8, 4) is 0 Å². The van der Waals surface area contributed by atoms with Gasteiger partial charge < -0.3 is 10.2 Å². The molecule has 4 atom stereocenters. The Morgan fingerprint density at radius 3 is 2.88 bits per heavy atom. The fraction of sp³-hybridized carbons (Fsp3) is 0.636. The molecule has 0 aromatic carbocycles. The Bertz CT molecular complexity index is 612. The minimum atomic E-state index is 0.412. The maximum Gasteiger partial charge on any atom is 0.0710 e. The average molecular weight is 359 g/mol. The second-order valence-electron chi connectivity index (χ2n) is 9.36. The number of hydrogen-bond donors (Lipinski definition) is 1. The molecule has 138 valence electrons. The van der Waals surface area contributed by atoms with E-state index < -0.39 is 0 Å². The molecule has 25 heavy (non-hydrogen) atoms. The van der Waals surface area contributed by atoms with E-state index in [4.69, 9.17) is 0 Å². The van der Waals surface area contributed by atoms with E-state index in [1.807, 2.05) is 0 Å². The van der Waals surface area contributed by atoms with Crippen LogP contribution in [0.2, 0.25) is 0 Å². The van der Waals surface area contributed by atoms with E-state index in [0.717, 1.165) is 24.9 Å². The molecule has 1 aliphatic heterocycles. The van der Waals surface area contributed by atoms with E-state index in [1.54, 1.807) is 0 Å². The van der Waals surface area contributed by atoms with Crippen LogP contribution in [0.3, 0.4) is 0 Å². The van der Waals surface area contributed by atoms with Crippen LogP contribution in [-0.4, -0.2) is 30.1 Å². The lowest BCUT2D eigenvalue weighted by atomic mass is 9.88. The summed E-state index contributed by atoms with van der Waals surface area (Å²) in [5, 5.41) is 5.13. The van der Waals surface area contributed by atoms with Gasteiger partial charge >= 0.3 is 0 Å². The van der Waals surface area contributed by atoms with Gasteiger partial charge in [0, 0.05) is 24.8 Å². The second kappa shape index (κ2) is 7.41. The van der Waals surface area contributed by atoms with Gasteiger partial charge in [0.05, 0.1) is 6.04 Å². The molecule has 0 radical (unpaired) electrons. The Labute approximate surface area is 156 Å². The molecule has 1 saturated heterocycles. The van der Waals surface area contributed by atoms with Crippen molar-refractivity contribution in [3.05, 3.63) is 47.5 Å². The highest BCUT2D eigenvalue weighted by Gasteiger charge is 2.39. The minimum absolute atomic E-state index is 0.412. The number of hydrogen-bond acceptors (Lipinski definition) is 2. The summed E-state index contributed by atoms with van der Waals surface area (Å²) in [6, 6.07) is 1.05. The molecule has 3 aliphatic rings. The monoisotopic (exact) mass is 358 g/mol. The maximum absolute atomic E-state index is 4.38. The third kappa shape index (κ3) is 4.47. The predicted molar refractivity (Wildman–Crippen MR) is 112 cm³/mol. The van der Waals surface area contributed by atoms with E-state index in [2.05, 4.69) is 78.0 Å². The SMILES string of the molecule is C=C(CNC1CC(C)(C)CC1CC(C)C)N1CC2=CC(P)=CC=CC21. The van der Waals surface area contributed by atoms with E-state index >= 15 is 0 Å². The first-order chi connectivity index (χ1) is 11.7. The Morgan fingerprint density at radius 1 is 1.40 bits per heavy atom. The van der Waals surface area contributed by atoms with Crippen LogP contribution in [0, 0.1) is 17.3 Å². The van der Waals surface area contributed by atoms with Crippen LogP contribution in [-0.2, 0) is 0 Å². The molecule has 1 saturated carbocycles. The molecule has 0 aromatic heterocycles. The standard InChI is InChI=1S/C22H35N2P/c1-15(2)9-17-11-22(4,5)12-20(17)23-13-16(3)24-14-18-10-19(25)7-6-8-21(18)24/h6-8,10,15,17,20-21,23H,3,9,11-14,25H2,1-2,4-5H3. The number of likely N-dealkylation sites (tertiary alicyclic amines) is 1.